The second kappa shape index (κ2) is 7.97. The van der Waals surface area contributed by atoms with Crippen LogP contribution >= 0.6 is 11.6 Å². The minimum Gasteiger partial charge on any atom is -0.333 e. The van der Waals surface area contributed by atoms with Crippen LogP contribution in [0.2, 0.25) is 5.02 Å². The van der Waals surface area contributed by atoms with Gasteiger partial charge in [0.15, 0.2) is 0 Å². The van der Waals surface area contributed by atoms with E-state index in [2.05, 4.69) is 5.10 Å². The Balaban J connectivity index is 1.90. The molecule has 3 aromatic rings. The highest BCUT2D eigenvalue weighted by atomic mass is 35.5. The van der Waals surface area contributed by atoms with Crippen LogP contribution in [0, 0.1) is 0 Å². The summed E-state index contributed by atoms with van der Waals surface area (Å²) >= 11 is 6.02. The standard InChI is InChI=1S/C20H18ClN3O2/c1-2-23(14-15-7-6-8-16(21)13-15)20(26)18-11-12-19(25)24(22-18)17-9-4-3-5-10-17/h3-13H,2,14H2,1H3. The fraction of sp³-hybridized carbons (Fsp3) is 0.150. The van der Waals surface area contributed by atoms with Crippen LogP contribution in [0.3, 0.4) is 0 Å². The third-order valence-electron chi connectivity index (χ3n) is 3.95. The molecule has 0 saturated carbocycles. The molecule has 0 aliphatic rings. The molecule has 3 rings (SSSR count). The fourth-order valence-electron chi connectivity index (χ4n) is 2.62. The monoisotopic (exact) mass is 367 g/mol. The van der Waals surface area contributed by atoms with Crippen molar-refractivity contribution in [3.05, 3.63) is 93.4 Å². The molecular formula is C20H18ClN3O2. The van der Waals surface area contributed by atoms with Gasteiger partial charge in [-0.25, -0.2) is 0 Å². The predicted octanol–water partition coefficient (Wildman–Crippen LogP) is 3.55. The maximum atomic E-state index is 12.9. The summed E-state index contributed by atoms with van der Waals surface area (Å²) in [6.07, 6.45) is 0. The van der Waals surface area contributed by atoms with Gasteiger partial charge in [0.1, 0.15) is 5.69 Å². The van der Waals surface area contributed by atoms with E-state index < -0.39 is 0 Å². The molecule has 0 aliphatic heterocycles. The van der Waals surface area contributed by atoms with Crippen molar-refractivity contribution < 1.29 is 4.79 Å². The smallest absolute Gasteiger partial charge is 0.274 e. The summed E-state index contributed by atoms with van der Waals surface area (Å²) in [5.41, 5.74) is 1.48. The number of carbonyl (C=O) groups is 1. The minimum atomic E-state index is -0.286. The predicted molar refractivity (Wildman–Crippen MR) is 102 cm³/mol. The second-order valence-corrected chi connectivity index (χ2v) is 6.19. The fourth-order valence-corrected chi connectivity index (χ4v) is 2.84. The maximum Gasteiger partial charge on any atom is 0.274 e. The van der Waals surface area contributed by atoms with Crippen molar-refractivity contribution in [2.24, 2.45) is 0 Å². The van der Waals surface area contributed by atoms with Crippen molar-refractivity contribution in [2.45, 2.75) is 13.5 Å². The number of carbonyl (C=O) groups excluding carboxylic acids is 1. The Labute approximate surface area is 156 Å². The Morgan fingerprint density at radius 3 is 2.54 bits per heavy atom. The lowest BCUT2D eigenvalue weighted by Gasteiger charge is -2.21. The molecule has 0 N–H and O–H groups in total. The van der Waals surface area contributed by atoms with Gasteiger partial charge in [-0.05, 0) is 42.8 Å². The number of hydrogen-bond acceptors (Lipinski definition) is 3. The van der Waals surface area contributed by atoms with Crippen LogP contribution in [0.1, 0.15) is 23.0 Å². The first-order chi connectivity index (χ1) is 12.6. The van der Waals surface area contributed by atoms with Crippen molar-refractivity contribution in [1.82, 2.24) is 14.7 Å². The van der Waals surface area contributed by atoms with Crippen molar-refractivity contribution >= 4 is 17.5 Å². The summed E-state index contributed by atoms with van der Waals surface area (Å²) in [5, 5.41) is 4.88. The molecule has 0 saturated heterocycles. The molecule has 0 aliphatic carbocycles. The van der Waals surface area contributed by atoms with Gasteiger partial charge < -0.3 is 4.90 Å². The van der Waals surface area contributed by atoms with E-state index in [1.165, 1.54) is 16.8 Å². The summed E-state index contributed by atoms with van der Waals surface area (Å²) < 4.78 is 1.24. The number of aromatic nitrogens is 2. The van der Waals surface area contributed by atoms with E-state index in [4.69, 9.17) is 11.6 Å². The average Bonchev–Trinajstić information content (AvgIpc) is 2.67. The highest BCUT2D eigenvalue weighted by Gasteiger charge is 2.17. The Hall–Kier alpha value is -2.92. The van der Waals surface area contributed by atoms with Gasteiger partial charge in [0, 0.05) is 24.2 Å². The van der Waals surface area contributed by atoms with Gasteiger partial charge in [-0.15, -0.1) is 0 Å². The SMILES string of the molecule is CCN(Cc1cccc(Cl)c1)C(=O)c1ccc(=O)n(-c2ccccc2)n1. The van der Waals surface area contributed by atoms with E-state index in [-0.39, 0.29) is 17.2 Å². The number of nitrogens with zero attached hydrogens (tertiary/aromatic N) is 3. The summed E-state index contributed by atoms with van der Waals surface area (Å²) in [6.45, 7) is 2.83. The second-order valence-electron chi connectivity index (χ2n) is 5.75. The number of rotatable bonds is 5. The van der Waals surface area contributed by atoms with Gasteiger partial charge in [0.25, 0.3) is 11.5 Å². The van der Waals surface area contributed by atoms with E-state index >= 15 is 0 Å². The first-order valence-corrected chi connectivity index (χ1v) is 8.66. The first kappa shape index (κ1) is 17.9. The average molecular weight is 368 g/mol. The molecule has 5 nitrogen and oxygen atoms in total. The van der Waals surface area contributed by atoms with Crippen LogP contribution in [0.15, 0.2) is 71.5 Å². The molecule has 0 fully saturated rings. The van der Waals surface area contributed by atoms with Crippen molar-refractivity contribution in [3.63, 3.8) is 0 Å². The molecule has 2 aromatic carbocycles. The van der Waals surface area contributed by atoms with Crippen molar-refractivity contribution in [3.8, 4) is 5.69 Å². The van der Waals surface area contributed by atoms with Crippen LogP contribution in [0.25, 0.3) is 5.69 Å². The van der Waals surface area contributed by atoms with Crippen molar-refractivity contribution in [1.29, 1.82) is 0 Å². The Bertz CT molecular complexity index is 970. The molecule has 0 unspecified atom stereocenters. The Kier molecular flexibility index (Phi) is 5.49. The first-order valence-electron chi connectivity index (χ1n) is 8.28. The summed E-state index contributed by atoms with van der Waals surface area (Å²) in [6, 6.07) is 19.2. The topological polar surface area (TPSA) is 55.2 Å². The van der Waals surface area contributed by atoms with Gasteiger partial charge in [0.2, 0.25) is 0 Å². The molecule has 26 heavy (non-hydrogen) atoms. The number of halogens is 1. The van der Waals surface area contributed by atoms with Gasteiger partial charge in [-0.3, -0.25) is 9.59 Å². The van der Waals surface area contributed by atoms with Crippen LogP contribution in [0.5, 0.6) is 0 Å². The molecule has 132 valence electrons. The zero-order valence-corrected chi connectivity index (χ0v) is 15.1. The quantitative estimate of drug-likeness (QED) is 0.693. The number of amides is 1. The molecule has 0 bridgehead atoms. The Morgan fingerprint density at radius 1 is 1.08 bits per heavy atom. The third-order valence-corrected chi connectivity index (χ3v) is 4.19. The van der Waals surface area contributed by atoms with E-state index in [0.717, 1.165) is 5.56 Å². The molecule has 1 heterocycles. The van der Waals surface area contributed by atoms with Gasteiger partial charge in [-0.2, -0.15) is 9.78 Å². The highest BCUT2D eigenvalue weighted by Crippen LogP contribution is 2.14. The van der Waals surface area contributed by atoms with E-state index in [9.17, 15) is 9.59 Å². The summed E-state index contributed by atoms with van der Waals surface area (Å²) in [7, 11) is 0. The van der Waals surface area contributed by atoms with E-state index in [1.807, 2.05) is 43.3 Å². The molecule has 0 atom stereocenters. The molecule has 0 radical (unpaired) electrons. The van der Waals surface area contributed by atoms with Crippen LogP contribution < -0.4 is 5.56 Å². The molecule has 1 aromatic heterocycles. The van der Waals surface area contributed by atoms with Crippen LogP contribution in [-0.2, 0) is 6.54 Å². The zero-order chi connectivity index (χ0) is 18.5. The summed E-state index contributed by atoms with van der Waals surface area (Å²) in [4.78, 5) is 26.7. The lowest BCUT2D eigenvalue weighted by Crippen LogP contribution is -2.33. The largest absolute Gasteiger partial charge is 0.333 e. The Morgan fingerprint density at radius 2 is 1.85 bits per heavy atom. The number of para-hydroxylation sites is 1. The highest BCUT2D eigenvalue weighted by molar-refractivity contribution is 6.30. The number of benzene rings is 2. The zero-order valence-electron chi connectivity index (χ0n) is 14.3. The normalized spacial score (nSPS) is 10.5. The van der Waals surface area contributed by atoms with Crippen molar-refractivity contribution in [2.75, 3.05) is 6.54 Å². The van der Waals surface area contributed by atoms with E-state index in [0.29, 0.717) is 23.8 Å². The maximum absolute atomic E-state index is 12.9. The van der Waals surface area contributed by atoms with Gasteiger partial charge in [0.05, 0.1) is 5.69 Å². The lowest BCUT2D eigenvalue weighted by molar-refractivity contribution is 0.0744. The minimum absolute atomic E-state index is 0.220. The molecule has 1 amide bonds. The summed E-state index contributed by atoms with van der Waals surface area (Å²) in [5.74, 6) is -0.239. The number of hydrogen-bond donors (Lipinski definition) is 0. The molecular weight excluding hydrogens is 350 g/mol. The third kappa shape index (κ3) is 4.00. The van der Waals surface area contributed by atoms with Gasteiger partial charge >= 0.3 is 0 Å². The van der Waals surface area contributed by atoms with E-state index in [1.54, 1.807) is 23.1 Å². The van der Waals surface area contributed by atoms with Crippen LogP contribution in [-0.4, -0.2) is 27.1 Å². The molecule has 6 heteroatoms. The lowest BCUT2D eigenvalue weighted by atomic mass is 10.2. The molecule has 0 spiro atoms. The van der Waals surface area contributed by atoms with Gasteiger partial charge in [-0.1, -0.05) is 41.9 Å². The van der Waals surface area contributed by atoms with Crippen LogP contribution in [0.4, 0.5) is 0 Å².